The predicted molar refractivity (Wildman–Crippen MR) is 138 cm³/mol. The highest BCUT2D eigenvalue weighted by Gasteiger charge is 2.50. The number of hydrogen-bond donors (Lipinski definition) is 0. The smallest absolute Gasteiger partial charge is 0.132 e. The zero-order valence-corrected chi connectivity index (χ0v) is 19.2. The lowest BCUT2D eigenvalue weighted by Gasteiger charge is -2.39. The minimum atomic E-state index is -0.423. The molecule has 1 spiro atoms. The maximum absolute atomic E-state index is 6.52. The first-order chi connectivity index (χ1) is 16.8. The quantitative estimate of drug-likeness (QED) is 0.254. The van der Waals surface area contributed by atoms with Gasteiger partial charge in [0.2, 0.25) is 0 Å². The number of para-hydroxylation sites is 2. The molecular formula is C32H21ClO. The van der Waals surface area contributed by atoms with Crippen molar-refractivity contribution >= 4 is 11.6 Å². The fourth-order valence-corrected chi connectivity index (χ4v) is 6.08. The summed E-state index contributed by atoms with van der Waals surface area (Å²) in [6, 6.07) is 40.8. The van der Waals surface area contributed by atoms with Crippen molar-refractivity contribution in [2.75, 3.05) is 0 Å². The van der Waals surface area contributed by atoms with E-state index in [0.29, 0.717) is 0 Å². The molecule has 0 unspecified atom stereocenters. The second kappa shape index (κ2) is 7.35. The van der Waals surface area contributed by atoms with Crippen LogP contribution in [0.25, 0.3) is 11.1 Å². The zero-order valence-electron chi connectivity index (χ0n) is 18.5. The van der Waals surface area contributed by atoms with E-state index < -0.39 is 5.41 Å². The molecule has 5 aromatic carbocycles. The van der Waals surface area contributed by atoms with E-state index in [1.807, 2.05) is 12.1 Å². The van der Waals surface area contributed by atoms with Crippen molar-refractivity contribution in [3.05, 3.63) is 154 Å². The molecule has 1 aliphatic heterocycles. The predicted octanol–water partition coefficient (Wildman–Crippen LogP) is 8.40. The summed E-state index contributed by atoms with van der Waals surface area (Å²) in [5.74, 6) is 1.83. The van der Waals surface area contributed by atoms with Crippen molar-refractivity contribution in [1.29, 1.82) is 0 Å². The van der Waals surface area contributed by atoms with Crippen molar-refractivity contribution in [2.24, 2.45) is 0 Å². The van der Waals surface area contributed by atoms with Crippen LogP contribution in [-0.4, -0.2) is 0 Å². The largest absolute Gasteiger partial charge is 0.457 e. The number of halogens is 1. The summed E-state index contributed by atoms with van der Waals surface area (Å²) in [4.78, 5) is 0. The van der Waals surface area contributed by atoms with Crippen LogP contribution in [0.3, 0.4) is 0 Å². The molecule has 2 heteroatoms. The van der Waals surface area contributed by atoms with Crippen LogP contribution < -0.4 is 4.74 Å². The van der Waals surface area contributed by atoms with E-state index in [-0.39, 0.29) is 0 Å². The molecule has 0 atom stereocenters. The first-order valence-electron chi connectivity index (χ1n) is 11.6. The number of hydrogen-bond acceptors (Lipinski definition) is 1. The Morgan fingerprint density at radius 3 is 1.88 bits per heavy atom. The van der Waals surface area contributed by atoms with Crippen molar-refractivity contribution < 1.29 is 4.74 Å². The van der Waals surface area contributed by atoms with Gasteiger partial charge in [0.15, 0.2) is 0 Å². The Balaban J connectivity index is 1.55. The molecule has 34 heavy (non-hydrogen) atoms. The van der Waals surface area contributed by atoms with Crippen molar-refractivity contribution in [1.82, 2.24) is 0 Å². The molecule has 1 nitrogen and oxygen atoms in total. The lowest BCUT2D eigenvalue weighted by Crippen LogP contribution is -2.32. The van der Waals surface area contributed by atoms with Gasteiger partial charge >= 0.3 is 0 Å². The normalized spacial score (nSPS) is 14.0. The second-order valence-corrected chi connectivity index (χ2v) is 9.45. The molecule has 0 aromatic heterocycles. The van der Waals surface area contributed by atoms with E-state index in [4.69, 9.17) is 16.3 Å². The Bertz CT molecular complexity index is 1540. The van der Waals surface area contributed by atoms with Gasteiger partial charge in [0.05, 0.1) is 5.41 Å². The minimum absolute atomic E-state index is 0.423. The molecule has 2 aliphatic rings. The molecule has 1 aliphatic carbocycles. The zero-order chi connectivity index (χ0) is 22.7. The first-order valence-corrected chi connectivity index (χ1v) is 12.0. The fourth-order valence-electron chi connectivity index (χ4n) is 5.87. The number of benzene rings is 5. The minimum Gasteiger partial charge on any atom is -0.457 e. The number of rotatable bonds is 2. The maximum Gasteiger partial charge on any atom is 0.132 e. The van der Waals surface area contributed by atoms with Crippen LogP contribution in [0.15, 0.2) is 115 Å². The van der Waals surface area contributed by atoms with E-state index in [0.717, 1.165) is 28.5 Å². The van der Waals surface area contributed by atoms with Gasteiger partial charge in [0, 0.05) is 16.1 Å². The molecule has 0 saturated carbocycles. The molecule has 162 valence electrons. The Morgan fingerprint density at radius 1 is 0.559 bits per heavy atom. The molecule has 0 radical (unpaired) electrons. The van der Waals surface area contributed by atoms with Crippen molar-refractivity contribution in [2.45, 2.75) is 11.8 Å². The fraction of sp³-hybridized carbons (Fsp3) is 0.0625. The van der Waals surface area contributed by atoms with Gasteiger partial charge < -0.3 is 4.74 Å². The Labute approximate surface area is 204 Å². The third-order valence-corrected chi connectivity index (χ3v) is 7.63. The third kappa shape index (κ3) is 2.62. The van der Waals surface area contributed by atoms with E-state index in [1.165, 1.54) is 38.9 Å². The average molecular weight is 457 g/mol. The summed E-state index contributed by atoms with van der Waals surface area (Å²) in [5.41, 5.74) is 9.53. The number of ether oxygens (including phenoxy) is 1. The van der Waals surface area contributed by atoms with E-state index in [2.05, 4.69) is 103 Å². The van der Waals surface area contributed by atoms with E-state index >= 15 is 0 Å². The van der Waals surface area contributed by atoms with Gasteiger partial charge in [-0.05, 0) is 58.0 Å². The van der Waals surface area contributed by atoms with Crippen LogP contribution >= 0.6 is 11.6 Å². The highest BCUT2D eigenvalue weighted by atomic mass is 35.5. The molecule has 0 fully saturated rings. The Hall–Kier alpha value is -3.81. The molecule has 1 heterocycles. The SMILES string of the molecule is Clc1ccccc1Cc1ccc2c(c1)C1(c3ccccc3Oc3ccccc31)c1ccccc1-2. The summed E-state index contributed by atoms with van der Waals surface area (Å²) in [5, 5.41) is 0.808. The molecule has 7 rings (SSSR count). The summed E-state index contributed by atoms with van der Waals surface area (Å²) in [6.45, 7) is 0. The van der Waals surface area contributed by atoms with Crippen molar-refractivity contribution in [3.8, 4) is 22.6 Å². The van der Waals surface area contributed by atoms with Gasteiger partial charge in [-0.2, -0.15) is 0 Å². The van der Waals surface area contributed by atoms with Crippen LogP contribution in [0.4, 0.5) is 0 Å². The first kappa shape index (κ1) is 19.6. The van der Waals surface area contributed by atoms with E-state index in [9.17, 15) is 0 Å². The van der Waals surface area contributed by atoms with Gasteiger partial charge in [0.1, 0.15) is 11.5 Å². The third-order valence-electron chi connectivity index (χ3n) is 7.26. The molecule has 5 aromatic rings. The molecule has 0 bridgehead atoms. The van der Waals surface area contributed by atoms with Crippen LogP contribution in [0.5, 0.6) is 11.5 Å². The monoisotopic (exact) mass is 456 g/mol. The lowest BCUT2D eigenvalue weighted by molar-refractivity contribution is 0.436. The summed E-state index contributed by atoms with van der Waals surface area (Å²) < 4.78 is 6.42. The standard InChI is InChI=1S/C32H21ClO/c33-29-14-6-1-9-22(29)19-21-17-18-24-23-10-2-3-11-25(23)32(28(24)20-21)26-12-4-7-15-30(26)34-31-16-8-5-13-27(31)32/h1-18,20H,19H2. The van der Waals surface area contributed by atoms with Crippen LogP contribution in [0.2, 0.25) is 5.02 Å². The van der Waals surface area contributed by atoms with Gasteiger partial charge in [-0.25, -0.2) is 0 Å². The molecule has 0 saturated heterocycles. The maximum atomic E-state index is 6.52. The van der Waals surface area contributed by atoms with Gasteiger partial charge in [0.25, 0.3) is 0 Å². The summed E-state index contributed by atoms with van der Waals surface area (Å²) in [6.07, 6.45) is 0.791. The second-order valence-electron chi connectivity index (χ2n) is 9.04. The Morgan fingerprint density at radius 2 is 1.15 bits per heavy atom. The van der Waals surface area contributed by atoms with Gasteiger partial charge in [-0.3, -0.25) is 0 Å². The topological polar surface area (TPSA) is 9.23 Å². The highest BCUT2D eigenvalue weighted by Crippen LogP contribution is 2.62. The highest BCUT2D eigenvalue weighted by molar-refractivity contribution is 6.31. The summed E-state index contributed by atoms with van der Waals surface area (Å²) >= 11 is 6.52. The number of fused-ring (bicyclic) bond motifs is 9. The van der Waals surface area contributed by atoms with Gasteiger partial charge in [-0.1, -0.05) is 109 Å². The average Bonchev–Trinajstić information content (AvgIpc) is 3.16. The Kier molecular flexibility index (Phi) is 4.24. The van der Waals surface area contributed by atoms with Gasteiger partial charge in [-0.15, -0.1) is 0 Å². The lowest BCUT2D eigenvalue weighted by atomic mass is 9.66. The van der Waals surface area contributed by atoms with Crippen LogP contribution in [0.1, 0.15) is 33.4 Å². The van der Waals surface area contributed by atoms with E-state index in [1.54, 1.807) is 0 Å². The molecular weight excluding hydrogens is 436 g/mol. The van der Waals surface area contributed by atoms with Crippen LogP contribution in [-0.2, 0) is 11.8 Å². The summed E-state index contributed by atoms with van der Waals surface area (Å²) in [7, 11) is 0. The van der Waals surface area contributed by atoms with Crippen molar-refractivity contribution in [3.63, 3.8) is 0 Å². The van der Waals surface area contributed by atoms with Crippen LogP contribution in [0, 0.1) is 0 Å². The molecule has 0 N–H and O–H groups in total. The molecule has 0 amide bonds.